The number of amides is 2. The van der Waals surface area contributed by atoms with Crippen molar-refractivity contribution in [2.75, 3.05) is 6.61 Å². The molecule has 1 unspecified atom stereocenters. The molecule has 1 atom stereocenters. The van der Waals surface area contributed by atoms with Gasteiger partial charge in [0.2, 0.25) is 0 Å². The predicted octanol–water partition coefficient (Wildman–Crippen LogP) is 5.08. The number of benzene rings is 2. The van der Waals surface area contributed by atoms with Gasteiger partial charge in [0.15, 0.2) is 12.4 Å². The fourth-order valence-corrected chi connectivity index (χ4v) is 3.69. The van der Waals surface area contributed by atoms with E-state index in [-0.39, 0.29) is 33.5 Å². The second kappa shape index (κ2) is 9.39. The summed E-state index contributed by atoms with van der Waals surface area (Å²) < 4.78 is 5.19. The van der Waals surface area contributed by atoms with Gasteiger partial charge >= 0.3 is 5.97 Å². The minimum Gasteiger partial charge on any atom is -0.456 e. The lowest BCUT2D eigenvalue weighted by Gasteiger charge is -2.25. The monoisotopic (exact) mass is 481 g/mol. The van der Waals surface area contributed by atoms with E-state index in [9.17, 15) is 19.2 Å². The molecule has 1 heterocycles. The van der Waals surface area contributed by atoms with Gasteiger partial charge in [0.25, 0.3) is 11.8 Å². The highest BCUT2D eigenvalue weighted by Gasteiger charge is 2.44. The van der Waals surface area contributed by atoms with Crippen molar-refractivity contribution >= 4 is 58.4 Å². The van der Waals surface area contributed by atoms with Gasteiger partial charge in [-0.1, -0.05) is 48.7 Å². The van der Waals surface area contributed by atoms with Crippen LogP contribution in [0.15, 0.2) is 36.4 Å². The highest BCUT2D eigenvalue weighted by Crippen LogP contribution is 2.33. The standard InChI is InChI=1S/C22H18Cl3NO5/c1-11(2)7-18(22(30)31-10-19(27)12-3-5-13(23)6-4-12)26-20(28)14-8-16(24)17(25)9-15(14)21(26)29/h3-6,8-9,11,18H,7,10H2,1-2H3. The molecule has 0 N–H and O–H groups in total. The number of halogens is 3. The lowest BCUT2D eigenvalue weighted by atomic mass is 10.0. The van der Waals surface area contributed by atoms with Gasteiger partial charge in [-0.05, 0) is 48.7 Å². The third-order valence-corrected chi connectivity index (χ3v) is 5.72. The van der Waals surface area contributed by atoms with Gasteiger partial charge in [-0.3, -0.25) is 19.3 Å². The Morgan fingerprint density at radius 2 is 1.45 bits per heavy atom. The Balaban J connectivity index is 1.80. The number of rotatable bonds is 7. The highest BCUT2D eigenvalue weighted by molar-refractivity contribution is 6.43. The Hall–Kier alpha value is -2.41. The van der Waals surface area contributed by atoms with Gasteiger partial charge in [-0.15, -0.1) is 0 Å². The van der Waals surface area contributed by atoms with E-state index in [2.05, 4.69) is 0 Å². The first kappa shape index (κ1) is 23.3. The maximum atomic E-state index is 12.9. The van der Waals surface area contributed by atoms with Crippen LogP contribution in [0.3, 0.4) is 0 Å². The summed E-state index contributed by atoms with van der Waals surface area (Å²) in [5.41, 5.74) is 0.457. The van der Waals surface area contributed by atoms with E-state index in [0.29, 0.717) is 10.6 Å². The van der Waals surface area contributed by atoms with Crippen molar-refractivity contribution < 1.29 is 23.9 Å². The SMILES string of the molecule is CC(C)CC(C(=O)OCC(=O)c1ccc(Cl)cc1)N1C(=O)c2cc(Cl)c(Cl)cc2C1=O. The minimum atomic E-state index is -1.19. The Morgan fingerprint density at radius 1 is 0.935 bits per heavy atom. The first-order valence-corrected chi connectivity index (χ1v) is 10.6. The number of esters is 1. The van der Waals surface area contributed by atoms with Crippen molar-refractivity contribution in [3.05, 3.63) is 68.2 Å². The van der Waals surface area contributed by atoms with Crippen LogP contribution in [-0.4, -0.2) is 41.1 Å². The summed E-state index contributed by atoms with van der Waals surface area (Å²) in [5, 5.41) is 0.719. The molecule has 1 aliphatic heterocycles. The molecule has 2 aromatic rings. The molecule has 3 rings (SSSR count). The van der Waals surface area contributed by atoms with E-state index in [4.69, 9.17) is 39.5 Å². The molecule has 9 heteroatoms. The Morgan fingerprint density at radius 3 is 1.94 bits per heavy atom. The van der Waals surface area contributed by atoms with E-state index in [1.54, 1.807) is 12.1 Å². The molecule has 1 aliphatic rings. The summed E-state index contributed by atoms with van der Waals surface area (Å²) in [4.78, 5) is 51.8. The number of hydrogen-bond acceptors (Lipinski definition) is 5. The van der Waals surface area contributed by atoms with Crippen molar-refractivity contribution in [3.63, 3.8) is 0 Å². The van der Waals surface area contributed by atoms with Gasteiger partial charge in [0.1, 0.15) is 6.04 Å². The topological polar surface area (TPSA) is 80.8 Å². The molecule has 6 nitrogen and oxygen atoms in total. The largest absolute Gasteiger partial charge is 0.456 e. The fourth-order valence-electron chi connectivity index (χ4n) is 3.24. The lowest BCUT2D eigenvalue weighted by Crippen LogP contribution is -2.46. The molecule has 0 saturated heterocycles. The molecular weight excluding hydrogens is 465 g/mol. The van der Waals surface area contributed by atoms with E-state index in [0.717, 1.165) is 4.90 Å². The van der Waals surface area contributed by atoms with Crippen molar-refractivity contribution in [1.29, 1.82) is 0 Å². The third-order valence-electron chi connectivity index (χ3n) is 4.75. The summed E-state index contributed by atoms with van der Waals surface area (Å²) in [5.74, 6) is -2.65. The maximum absolute atomic E-state index is 12.9. The molecular formula is C22H18Cl3NO5. The van der Waals surface area contributed by atoms with Crippen molar-refractivity contribution in [2.45, 2.75) is 26.3 Å². The van der Waals surface area contributed by atoms with Gasteiger partial charge < -0.3 is 4.74 Å². The number of fused-ring (bicyclic) bond motifs is 1. The van der Waals surface area contributed by atoms with E-state index in [1.165, 1.54) is 24.3 Å². The van der Waals surface area contributed by atoms with Crippen LogP contribution in [0, 0.1) is 5.92 Å². The zero-order valence-corrected chi connectivity index (χ0v) is 18.9. The number of carbonyl (C=O) groups excluding carboxylic acids is 4. The zero-order valence-electron chi connectivity index (χ0n) is 16.7. The molecule has 0 radical (unpaired) electrons. The molecule has 0 aliphatic carbocycles. The van der Waals surface area contributed by atoms with Crippen LogP contribution < -0.4 is 0 Å². The Bertz CT molecular complexity index is 1020. The fraction of sp³-hybridized carbons (Fsp3) is 0.273. The number of imide groups is 1. The average Bonchev–Trinajstić information content (AvgIpc) is 2.94. The van der Waals surface area contributed by atoms with Crippen molar-refractivity contribution in [3.8, 4) is 0 Å². The number of ketones is 1. The van der Waals surface area contributed by atoms with Crippen LogP contribution in [0.4, 0.5) is 0 Å². The number of Topliss-reactive ketones (excluding diaryl/α,β-unsaturated/α-hetero) is 1. The average molecular weight is 483 g/mol. The Kier molecular flexibility index (Phi) is 7.04. The minimum absolute atomic E-state index is 0.0407. The lowest BCUT2D eigenvalue weighted by molar-refractivity contribution is -0.147. The molecule has 2 amide bonds. The van der Waals surface area contributed by atoms with Crippen molar-refractivity contribution in [2.24, 2.45) is 5.92 Å². The van der Waals surface area contributed by atoms with E-state index in [1.807, 2.05) is 13.8 Å². The van der Waals surface area contributed by atoms with Crippen LogP contribution in [0.2, 0.25) is 15.1 Å². The van der Waals surface area contributed by atoms with E-state index < -0.39 is 36.2 Å². The first-order valence-electron chi connectivity index (χ1n) is 9.42. The quantitative estimate of drug-likeness (QED) is 0.312. The van der Waals surface area contributed by atoms with Crippen molar-refractivity contribution in [1.82, 2.24) is 4.90 Å². The van der Waals surface area contributed by atoms with Gasteiger partial charge in [-0.2, -0.15) is 0 Å². The normalized spacial score (nSPS) is 14.1. The smallest absolute Gasteiger partial charge is 0.329 e. The second-order valence-electron chi connectivity index (χ2n) is 7.48. The number of ether oxygens (including phenoxy) is 1. The van der Waals surface area contributed by atoms with Crippen LogP contribution >= 0.6 is 34.8 Å². The summed E-state index contributed by atoms with van der Waals surface area (Å²) in [6.45, 7) is 3.14. The summed E-state index contributed by atoms with van der Waals surface area (Å²) >= 11 is 17.8. The maximum Gasteiger partial charge on any atom is 0.329 e. The summed E-state index contributed by atoms with van der Waals surface area (Å²) in [6.07, 6.45) is 0.168. The van der Waals surface area contributed by atoms with Crippen LogP contribution in [0.5, 0.6) is 0 Å². The Labute approximate surface area is 194 Å². The predicted molar refractivity (Wildman–Crippen MR) is 117 cm³/mol. The van der Waals surface area contributed by atoms with Gasteiger partial charge in [0, 0.05) is 10.6 Å². The highest BCUT2D eigenvalue weighted by atomic mass is 35.5. The second-order valence-corrected chi connectivity index (χ2v) is 8.73. The summed E-state index contributed by atoms with van der Waals surface area (Å²) in [7, 11) is 0. The van der Waals surface area contributed by atoms with Crippen LogP contribution in [0.25, 0.3) is 0 Å². The van der Waals surface area contributed by atoms with E-state index >= 15 is 0 Å². The van der Waals surface area contributed by atoms with Crippen LogP contribution in [0.1, 0.15) is 51.3 Å². The number of carbonyl (C=O) groups is 4. The zero-order chi connectivity index (χ0) is 22.9. The molecule has 0 saturated carbocycles. The number of hydrogen-bond donors (Lipinski definition) is 0. The molecule has 31 heavy (non-hydrogen) atoms. The molecule has 0 fully saturated rings. The third kappa shape index (κ3) is 4.92. The molecule has 2 aromatic carbocycles. The number of nitrogens with zero attached hydrogens (tertiary/aromatic N) is 1. The van der Waals surface area contributed by atoms with Gasteiger partial charge in [0.05, 0.1) is 21.2 Å². The summed E-state index contributed by atoms with van der Waals surface area (Å²) in [6, 6.07) is 7.55. The molecule has 162 valence electrons. The first-order chi connectivity index (χ1) is 14.6. The molecule has 0 bridgehead atoms. The molecule has 0 spiro atoms. The molecule has 0 aromatic heterocycles. The van der Waals surface area contributed by atoms with Crippen LogP contribution in [-0.2, 0) is 9.53 Å². The van der Waals surface area contributed by atoms with Gasteiger partial charge in [-0.25, -0.2) is 4.79 Å².